The van der Waals surface area contributed by atoms with Gasteiger partial charge in [0, 0.05) is 6.61 Å². The molecule has 84 valence electrons. The molecule has 0 atom stereocenters. The molecule has 0 rings (SSSR count). The van der Waals surface area contributed by atoms with Gasteiger partial charge in [0.05, 0.1) is 5.83 Å². The molecule has 0 bridgehead atoms. The van der Waals surface area contributed by atoms with Crippen molar-refractivity contribution in [2.24, 2.45) is 0 Å². The maximum absolute atomic E-state index is 13.0. The van der Waals surface area contributed by atoms with Crippen LogP contribution < -0.4 is 0 Å². The van der Waals surface area contributed by atoms with Crippen LogP contribution in [-0.2, 0) is 0 Å². The first-order valence-electron chi connectivity index (χ1n) is 5.76. The molecule has 1 N–H and O–H groups in total. The molecule has 0 spiro atoms. The van der Waals surface area contributed by atoms with Crippen molar-refractivity contribution in [3.63, 3.8) is 0 Å². The lowest BCUT2D eigenvalue weighted by atomic mass is 10.1. The summed E-state index contributed by atoms with van der Waals surface area (Å²) in [5.74, 6) is 0.0439. The van der Waals surface area contributed by atoms with Crippen molar-refractivity contribution in [2.45, 2.75) is 58.3 Å². The fourth-order valence-corrected chi connectivity index (χ4v) is 1.34. The zero-order valence-corrected chi connectivity index (χ0v) is 9.27. The molecule has 0 aliphatic carbocycles. The fourth-order valence-electron chi connectivity index (χ4n) is 1.34. The van der Waals surface area contributed by atoms with E-state index in [4.69, 9.17) is 5.11 Å². The van der Waals surface area contributed by atoms with Crippen molar-refractivity contribution in [1.29, 1.82) is 0 Å². The minimum Gasteiger partial charge on any atom is -0.396 e. The van der Waals surface area contributed by atoms with Crippen LogP contribution in [0.2, 0.25) is 0 Å². The molecule has 0 aromatic rings. The summed E-state index contributed by atoms with van der Waals surface area (Å²) in [5.41, 5.74) is 0. The van der Waals surface area contributed by atoms with Crippen molar-refractivity contribution >= 4 is 0 Å². The molecule has 0 aliphatic heterocycles. The van der Waals surface area contributed by atoms with Crippen molar-refractivity contribution < 1.29 is 9.50 Å². The Morgan fingerprint density at radius 2 is 1.93 bits per heavy atom. The third-order valence-corrected chi connectivity index (χ3v) is 2.25. The van der Waals surface area contributed by atoms with E-state index in [1.807, 2.05) is 0 Å². The summed E-state index contributed by atoms with van der Waals surface area (Å²) in [6, 6.07) is 0. The number of rotatable bonds is 9. The molecule has 0 aromatic carbocycles. The zero-order valence-electron chi connectivity index (χ0n) is 9.27. The molecule has 0 amide bonds. The van der Waals surface area contributed by atoms with E-state index in [0.717, 1.165) is 44.9 Å². The second-order valence-electron chi connectivity index (χ2n) is 3.68. The molecule has 1 nitrogen and oxygen atoms in total. The zero-order chi connectivity index (χ0) is 10.6. The number of hydrogen-bond donors (Lipinski definition) is 1. The van der Waals surface area contributed by atoms with Crippen LogP contribution in [0.3, 0.4) is 0 Å². The standard InChI is InChI=1S/C12H23FO/c1-2-3-6-9-12(13)10-7-4-5-8-11-14/h10,14H,2-9,11H2,1H3/b12-10-. The van der Waals surface area contributed by atoms with Gasteiger partial charge in [-0.3, -0.25) is 0 Å². The Morgan fingerprint density at radius 1 is 1.14 bits per heavy atom. The predicted octanol–water partition coefficient (Wildman–Crippen LogP) is 3.97. The molecular weight excluding hydrogens is 179 g/mol. The topological polar surface area (TPSA) is 20.2 Å². The van der Waals surface area contributed by atoms with Gasteiger partial charge in [-0.25, -0.2) is 4.39 Å². The van der Waals surface area contributed by atoms with Gasteiger partial charge in [0.1, 0.15) is 0 Å². The molecule has 0 saturated carbocycles. The number of aliphatic hydroxyl groups is 1. The number of halogens is 1. The monoisotopic (exact) mass is 202 g/mol. The maximum atomic E-state index is 13.0. The minimum atomic E-state index is 0.0439. The Morgan fingerprint density at radius 3 is 2.57 bits per heavy atom. The average Bonchev–Trinajstić information content (AvgIpc) is 2.18. The molecule has 0 aliphatic rings. The van der Waals surface area contributed by atoms with Gasteiger partial charge in [0.25, 0.3) is 0 Å². The van der Waals surface area contributed by atoms with Gasteiger partial charge in [-0.2, -0.15) is 0 Å². The average molecular weight is 202 g/mol. The van der Waals surface area contributed by atoms with E-state index in [2.05, 4.69) is 6.92 Å². The summed E-state index contributed by atoms with van der Waals surface area (Å²) in [6.07, 6.45) is 9.17. The van der Waals surface area contributed by atoms with E-state index in [1.54, 1.807) is 6.08 Å². The van der Waals surface area contributed by atoms with Crippen LogP contribution in [0.1, 0.15) is 58.3 Å². The molecule has 0 saturated heterocycles. The Labute approximate surface area is 87.0 Å². The van der Waals surface area contributed by atoms with Crippen LogP contribution in [0.4, 0.5) is 4.39 Å². The van der Waals surface area contributed by atoms with Gasteiger partial charge in [0.2, 0.25) is 0 Å². The molecule has 0 unspecified atom stereocenters. The molecule has 0 radical (unpaired) electrons. The Kier molecular flexibility index (Phi) is 10.4. The van der Waals surface area contributed by atoms with Crippen molar-refractivity contribution in [2.75, 3.05) is 6.61 Å². The first kappa shape index (κ1) is 13.6. The maximum Gasteiger partial charge on any atom is 0.0959 e. The Bertz CT molecular complexity index is 143. The quantitative estimate of drug-likeness (QED) is 0.561. The van der Waals surface area contributed by atoms with Crippen LogP contribution in [-0.4, -0.2) is 11.7 Å². The van der Waals surface area contributed by atoms with Crippen LogP contribution in [0.15, 0.2) is 11.9 Å². The molecule has 0 fully saturated rings. The van der Waals surface area contributed by atoms with Crippen LogP contribution in [0.25, 0.3) is 0 Å². The summed E-state index contributed by atoms with van der Waals surface area (Å²) in [4.78, 5) is 0. The lowest BCUT2D eigenvalue weighted by Gasteiger charge is -1.97. The van der Waals surface area contributed by atoms with E-state index in [0.29, 0.717) is 6.42 Å². The number of unbranched alkanes of at least 4 members (excludes halogenated alkanes) is 5. The molecule has 0 heterocycles. The summed E-state index contributed by atoms with van der Waals surface area (Å²) in [7, 11) is 0. The number of hydrogen-bond acceptors (Lipinski definition) is 1. The van der Waals surface area contributed by atoms with Gasteiger partial charge in [-0.1, -0.05) is 32.3 Å². The Balaban J connectivity index is 3.27. The number of aliphatic hydroxyl groups excluding tert-OH is 1. The second kappa shape index (κ2) is 10.7. The summed E-state index contributed by atoms with van der Waals surface area (Å²) in [6.45, 7) is 2.37. The molecule has 0 aromatic heterocycles. The summed E-state index contributed by atoms with van der Waals surface area (Å²) in [5, 5.41) is 8.53. The van der Waals surface area contributed by atoms with Gasteiger partial charge in [-0.05, 0) is 32.1 Å². The first-order chi connectivity index (χ1) is 6.81. The van der Waals surface area contributed by atoms with E-state index < -0.39 is 0 Å². The lowest BCUT2D eigenvalue weighted by Crippen LogP contribution is -1.83. The molecule has 14 heavy (non-hydrogen) atoms. The highest BCUT2D eigenvalue weighted by Gasteiger charge is 1.94. The van der Waals surface area contributed by atoms with Crippen LogP contribution in [0.5, 0.6) is 0 Å². The van der Waals surface area contributed by atoms with Crippen LogP contribution >= 0.6 is 0 Å². The van der Waals surface area contributed by atoms with E-state index in [9.17, 15) is 4.39 Å². The smallest absolute Gasteiger partial charge is 0.0959 e. The van der Waals surface area contributed by atoms with Crippen molar-refractivity contribution in [3.8, 4) is 0 Å². The SMILES string of the molecule is CCCCC/C(F)=C/CCCCCO. The predicted molar refractivity (Wildman–Crippen MR) is 58.9 cm³/mol. The van der Waals surface area contributed by atoms with Crippen molar-refractivity contribution in [1.82, 2.24) is 0 Å². The molecule has 2 heteroatoms. The molecular formula is C12H23FO. The van der Waals surface area contributed by atoms with Gasteiger partial charge >= 0.3 is 0 Å². The van der Waals surface area contributed by atoms with Crippen LogP contribution in [0, 0.1) is 0 Å². The largest absolute Gasteiger partial charge is 0.396 e. The third-order valence-electron chi connectivity index (χ3n) is 2.25. The number of allylic oxidation sites excluding steroid dienone is 2. The minimum absolute atomic E-state index is 0.0439. The summed E-state index contributed by atoms with van der Waals surface area (Å²) < 4.78 is 13.0. The van der Waals surface area contributed by atoms with Gasteiger partial charge in [-0.15, -0.1) is 0 Å². The van der Waals surface area contributed by atoms with E-state index in [1.165, 1.54) is 0 Å². The lowest BCUT2D eigenvalue weighted by molar-refractivity contribution is 0.283. The highest BCUT2D eigenvalue weighted by Crippen LogP contribution is 2.12. The highest BCUT2D eigenvalue weighted by atomic mass is 19.1. The normalized spacial score (nSPS) is 12.1. The Hall–Kier alpha value is -0.370. The van der Waals surface area contributed by atoms with E-state index in [-0.39, 0.29) is 12.4 Å². The highest BCUT2D eigenvalue weighted by molar-refractivity contribution is 4.91. The van der Waals surface area contributed by atoms with Crippen molar-refractivity contribution in [3.05, 3.63) is 11.9 Å². The fraction of sp³-hybridized carbons (Fsp3) is 0.833. The van der Waals surface area contributed by atoms with E-state index >= 15 is 0 Å². The first-order valence-corrected chi connectivity index (χ1v) is 5.76. The van der Waals surface area contributed by atoms with Gasteiger partial charge < -0.3 is 5.11 Å². The summed E-state index contributed by atoms with van der Waals surface area (Å²) >= 11 is 0. The third kappa shape index (κ3) is 9.72. The second-order valence-corrected chi connectivity index (χ2v) is 3.68. The van der Waals surface area contributed by atoms with Gasteiger partial charge in [0.15, 0.2) is 0 Å².